The van der Waals surface area contributed by atoms with Gasteiger partial charge >= 0.3 is 0 Å². The van der Waals surface area contributed by atoms with E-state index in [9.17, 15) is 14.0 Å². The first-order valence-electron chi connectivity index (χ1n) is 7.72. The molecule has 126 valence electrons. The molecule has 6 nitrogen and oxygen atoms in total. The van der Waals surface area contributed by atoms with E-state index in [-0.39, 0.29) is 24.1 Å². The molecular weight excluding hydrogens is 331 g/mol. The second-order valence-electron chi connectivity index (χ2n) is 5.62. The molecular formula is C16H17FN4O2S. The summed E-state index contributed by atoms with van der Waals surface area (Å²) in [5.74, 6) is -0.543. The topological polar surface area (TPSA) is 66.4 Å². The highest BCUT2D eigenvalue weighted by Gasteiger charge is 2.24. The van der Waals surface area contributed by atoms with Crippen molar-refractivity contribution in [3.8, 4) is 0 Å². The fourth-order valence-corrected chi connectivity index (χ4v) is 3.15. The summed E-state index contributed by atoms with van der Waals surface area (Å²) in [7, 11) is 0. The van der Waals surface area contributed by atoms with Crippen molar-refractivity contribution in [2.75, 3.05) is 26.2 Å². The number of nitrogens with zero attached hydrogens (tertiary/aromatic N) is 4. The summed E-state index contributed by atoms with van der Waals surface area (Å²) in [6, 6.07) is 6.07. The third-order valence-corrected chi connectivity index (χ3v) is 4.46. The monoisotopic (exact) mass is 348 g/mol. The van der Waals surface area contributed by atoms with Crippen LogP contribution in [0.4, 0.5) is 4.39 Å². The van der Waals surface area contributed by atoms with Crippen LogP contribution >= 0.6 is 11.5 Å². The van der Waals surface area contributed by atoms with E-state index in [1.165, 1.54) is 12.1 Å². The molecule has 0 saturated carbocycles. The zero-order valence-electron chi connectivity index (χ0n) is 13.0. The van der Waals surface area contributed by atoms with Crippen LogP contribution in [0.1, 0.15) is 22.5 Å². The minimum absolute atomic E-state index is 0.0507. The van der Waals surface area contributed by atoms with Crippen LogP contribution in [-0.4, -0.2) is 57.4 Å². The number of benzene rings is 1. The van der Waals surface area contributed by atoms with E-state index in [1.807, 2.05) is 0 Å². The second kappa shape index (κ2) is 7.48. The smallest absolute Gasteiger partial charge is 0.275 e. The molecule has 3 rings (SSSR count). The maximum atomic E-state index is 13.2. The van der Waals surface area contributed by atoms with Crippen molar-refractivity contribution in [2.45, 2.75) is 12.8 Å². The molecule has 2 amide bonds. The first-order chi connectivity index (χ1) is 11.6. The first kappa shape index (κ1) is 16.5. The van der Waals surface area contributed by atoms with Gasteiger partial charge in [0, 0.05) is 31.6 Å². The van der Waals surface area contributed by atoms with Gasteiger partial charge < -0.3 is 9.80 Å². The highest BCUT2D eigenvalue weighted by atomic mass is 32.1. The fraction of sp³-hybridized carbons (Fsp3) is 0.375. The third-order valence-electron chi connectivity index (χ3n) is 3.96. The molecule has 1 saturated heterocycles. The zero-order valence-corrected chi connectivity index (χ0v) is 13.8. The van der Waals surface area contributed by atoms with Gasteiger partial charge in [0.2, 0.25) is 5.91 Å². The van der Waals surface area contributed by atoms with E-state index in [0.29, 0.717) is 43.9 Å². The van der Waals surface area contributed by atoms with Crippen molar-refractivity contribution in [3.63, 3.8) is 0 Å². The second-order valence-corrected chi connectivity index (χ2v) is 6.23. The van der Waals surface area contributed by atoms with Crippen molar-refractivity contribution in [1.82, 2.24) is 19.4 Å². The first-order valence-corrected chi connectivity index (χ1v) is 8.55. The Hall–Kier alpha value is -2.35. The summed E-state index contributed by atoms with van der Waals surface area (Å²) in [4.78, 5) is 28.2. The van der Waals surface area contributed by atoms with E-state index < -0.39 is 0 Å². The molecule has 0 radical (unpaired) electrons. The summed E-state index contributed by atoms with van der Waals surface area (Å²) < 4.78 is 16.9. The third kappa shape index (κ3) is 3.94. The molecule has 0 atom stereocenters. The van der Waals surface area contributed by atoms with Gasteiger partial charge in [0.15, 0.2) is 5.69 Å². The number of hydrogen-bond donors (Lipinski definition) is 0. The summed E-state index contributed by atoms with van der Waals surface area (Å²) in [5, 5.41) is 5.43. The molecule has 1 aliphatic heterocycles. The Labute approximate surface area is 143 Å². The van der Waals surface area contributed by atoms with Gasteiger partial charge in [-0.25, -0.2) is 4.39 Å². The standard InChI is InChI=1S/C16H17FN4O2S/c17-13-4-1-3-12(9-13)10-15(22)20-5-2-6-21(8-7-20)16(23)14-11-24-19-18-14/h1,3-4,9,11H,2,5-8,10H2. The zero-order chi connectivity index (χ0) is 16.9. The quantitative estimate of drug-likeness (QED) is 0.845. The summed E-state index contributed by atoms with van der Waals surface area (Å²) in [6.07, 6.45) is 0.875. The number of halogens is 1. The van der Waals surface area contributed by atoms with Crippen molar-refractivity contribution < 1.29 is 14.0 Å². The Bertz CT molecular complexity index is 723. The molecule has 0 aliphatic carbocycles. The van der Waals surface area contributed by atoms with Crippen LogP contribution in [0.2, 0.25) is 0 Å². The van der Waals surface area contributed by atoms with Crippen molar-refractivity contribution in [2.24, 2.45) is 0 Å². The molecule has 0 spiro atoms. The molecule has 0 N–H and O–H groups in total. The Morgan fingerprint density at radius 1 is 1.17 bits per heavy atom. The lowest BCUT2D eigenvalue weighted by molar-refractivity contribution is -0.130. The lowest BCUT2D eigenvalue weighted by atomic mass is 10.1. The Morgan fingerprint density at radius 2 is 1.96 bits per heavy atom. The van der Waals surface area contributed by atoms with E-state index in [2.05, 4.69) is 9.59 Å². The molecule has 1 aromatic carbocycles. The number of carbonyl (C=O) groups is 2. The molecule has 1 aliphatic rings. The van der Waals surface area contributed by atoms with Gasteiger partial charge in [-0.2, -0.15) is 0 Å². The van der Waals surface area contributed by atoms with Gasteiger partial charge in [0.25, 0.3) is 5.91 Å². The van der Waals surface area contributed by atoms with Crippen LogP contribution in [-0.2, 0) is 11.2 Å². The predicted molar refractivity (Wildman–Crippen MR) is 87.1 cm³/mol. The van der Waals surface area contributed by atoms with E-state index in [4.69, 9.17) is 0 Å². The van der Waals surface area contributed by atoms with Crippen LogP contribution in [0.15, 0.2) is 29.6 Å². The molecule has 0 bridgehead atoms. The van der Waals surface area contributed by atoms with E-state index >= 15 is 0 Å². The van der Waals surface area contributed by atoms with E-state index in [0.717, 1.165) is 11.5 Å². The van der Waals surface area contributed by atoms with Gasteiger partial charge in [-0.1, -0.05) is 16.6 Å². The Morgan fingerprint density at radius 3 is 2.71 bits per heavy atom. The van der Waals surface area contributed by atoms with E-state index in [1.54, 1.807) is 27.3 Å². The van der Waals surface area contributed by atoms with Crippen LogP contribution in [0.5, 0.6) is 0 Å². The Kier molecular flexibility index (Phi) is 5.14. The van der Waals surface area contributed by atoms with Gasteiger partial charge in [-0.15, -0.1) is 5.10 Å². The lowest BCUT2D eigenvalue weighted by Gasteiger charge is -2.21. The number of aromatic nitrogens is 2. The van der Waals surface area contributed by atoms with Crippen LogP contribution in [0.3, 0.4) is 0 Å². The minimum atomic E-state index is -0.343. The van der Waals surface area contributed by atoms with Gasteiger partial charge in [0.05, 0.1) is 6.42 Å². The Balaban J connectivity index is 1.59. The number of carbonyl (C=O) groups excluding carboxylic acids is 2. The van der Waals surface area contributed by atoms with Gasteiger partial charge in [-0.05, 0) is 35.6 Å². The fourth-order valence-electron chi connectivity index (χ4n) is 2.72. The molecule has 2 aromatic rings. The molecule has 0 unspecified atom stereocenters. The largest absolute Gasteiger partial charge is 0.341 e. The maximum Gasteiger partial charge on any atom is 0.275 e. The number of hydrogen-bond acceptors (Lipinski definition) is 5. The van der Waals surface area contributed by atoms with Crippen LogP contribution in [0.25, 0.3) is 0 Å². The summed E-state index contributed by atoms with van der Waals surface area (Å²) in [5.41, 5.74) is 1.00. The van der Waals surface area contributed by atoms with Crippen LogP contribution < -0.4 is 0 Å². The van der Waals surface area contributed by atoms with Crippen molar-refractivity contribution >= 4 is 23.3 Å². The van der Waals surface area contributed by atoms with Crippen molar-refractivity contribution in [3.05, 3.63) is 46.7 Å². The van der Waals surface area contributed by atoms with Gasteiger partial charge in [0.1, 0.15) is 5.82 Å². The SMILES string of the molecule is O=C(Cc1cccc(F)c1)N1CCCN(C(=O)c2csnn2)CC1. The molecule has 1 aromatic heterocycles. The lowest BCUT2D eigenvalue weighted by Crippen LogP contribution is -2.38. The average Bonchev–Trinajstić information content (AvgIpc) is 2.98. The predicted octanol–water partition coefficient (Wildman–Crippen LogP) is 1.59. The highest BCUT2D eigenvalue weighted by Crippen LogP contribution is 2.11. The van der Waals surface area contributed by atoms with Crippen LogP contribution in [0, 0.1) is 5.82 Å². The average molecular weight is 348 g/mol. The normalized spacial score (nSPS) is 15.2. The summed E-state index contributed by atoms with van der Waals surface area (Å²) >= 11 is 1.14. The van der Waals surface area contributed by atoms with Gasteiger partial charge in [-0.3, -0.25) is 9.59 Å². The summed E-state index contributed by atoms with van der Waals surface area (Å²) in [6.45, 7) is 2.11. The van der Waals surface area contributed by atoms with Crippen molar-refractivity contribution in [1.29, 1.82) is 0 Å². The molecule has 2 heterocycles. The number of rotatable bonds is 3. The highest BCUT2D eigenvalue weighted by molar-refractivity contribution is 7.03. The molecule has 1 fully saturated rings. The maximum absolute atomic E-state index is 13.2. The molecule has 24 heavy (non-hydrogen) atoms. The molecule has 8 heteroatoms. The minimum Gasteiger partial charge on any atom is -0.341 e. The number of amides is 2.